The van der Waals surface area contributed by atoms with E-state index in [1.54, 1.807) is 36.4 Å². The first kappa shape index (κ1) is 13.9. The fourth-order valence-corrected chi connectivity index (χ4v) is 2.21. The second-order valence-corrected chi connectivity index (χ2v) is 4.70. The number of hydrogen-bond acceptors (Lipinski definition) is 4. The van der Waals surface area contributed by atoms with Crippen molar-refractivity contribution in [3.05, 3.63) is 70.1 Å². The molecule has 0 spiro atoms. The number of methoxy groups -OCH3 is 1. The highest BCUT2D eigenvalue weighted by Crippen LogP contribution is 2.24. The molecule has 0 bridgehead atoms. The molecule has 3 rings (SSSR count). The zero-order valence-electron chi connectivity index (χ0n) is 11.9. The average Bonchev–Trinajstić information content (AvgIpc) is 2.55. The second kappa shape index (κ2) is 5.73. The predicted molar refractivity (Wildman–Crippen MR) is 85.9 cm³/mol. The minimum absolute atomic E-state index is 0.0780. The van der Waals surface area contributed by atoms with Crippen LogP contribution in [0.2, 0.25) is 0 Å². The third-order valence-corrected chi connectivity index (χ3v) is 3.28. The van der Waals surface area contributed by atoms with E-state index in [-0.39, 0.29) is 17.0 Å². The Labute approximate surface area is 126 Å². The van der Waals surface area contributed by atoms with Gasteiger partial charge in [-0.15, -0.1) is 0 Å². The summed E-state index contributed by atoms with van der Waals surface area (Å²) in [5.41, 5.74) is 1.59. The van der Waals surface area contributed by atoms with Gasteiger partial charge in [-0.25, -0.2) is 4.98 Å². The Kier molecular flexibility index (Phi) is 3.62. The van der Waals surface area contributed by atoms with Crippen LogP contribution in [0.4, 0.5) is 0 Å². The van der Waals surface area contributed by atoms with Crippen LogP contribution < -0.4 is 10.3 Å². The Morgan fingerprint density at radius 1 is 1.18 bits per heavy atom. The molecule has 1 aromatic heterocycles. The van der Waals surface area contributed by atoms with E-state index < -0.39 is 0 Å². The van der Waals surface area contributed by atoms with Crippen LogP contribution in [0, 0.1) is 0 Å². The monoisotopic (exact) mass is 294 g/mol. The summed E-state index contributed by atoms with van der Waals surface area (Å²) in [6.45, 7) is 0. The minimum Gasteiger partial charge on any atom is -0.507 e. The fourth-order valence-electron chi connectivity index (χ4n) is 2.21. The highest BCUT2D eigenvalue weighted by molar-refractivity contribution is 5.80. The Morgan fingerprint density at radius 2 is 1.91 bits per heavy atom. The van der Waals surface area contributed by atoms with Gasteiger partial charge in [-0.2, -0.15) is 0 Å². The van der Waals surface area contributed by atoms with Crippen LogP contribution in [-0.2, 0) is 0 Å². The summed E-state index contributed by atoms with van der Waals surface area (Å²) >= 11 is 0. The van der Waals surface area contributed by atoms with Crippen LogP contribution in [0.15, 0.2) is 53.3 Å². The van der Waals surface area contributed by atoms with Gasteiger partial charge in [0.1, 0.15) is 17.2 Å². The SMILES string of the molecule is COc1ccccc1C(O)=Cc1nc2ccccc2[nH]c1=O. The van der Waals surface area contributed by atoms with E-state index in [1.807, 2.05) is 12.1 Å². The largest absolute Gasteiger partial charge is 0.507 e. The molecule has 0 aliphatic heterocycles. The lowest BCUT2D eigenvalue weighted by molar-refractivity contribution is 0.409. The van der Waals surface area contributed by atoms with Crippen molar-refractivity contribution in [3.8, 4) is 5.75 Å². The number of nitrogens with zero attached hydrogens (tertiary/aromatic N) is 1. The molecule has 0 radical (unpaired) electrons. The van der Waals surface area contributed by atoms with Crippen molar-refractivity contribution in [2.45, 2.75) is 0 Å². The summed E-state index contributed by atoms with van der Waals surface area (Å²) in [5, 5.41) is 10.3. The number of hydrogen-bond donors (Lipinski definition) is 2. The molecule has 3 aromatic rings. The molecule has 0 unspecified atom stereocenters. The number of ether oxygens (including phenoxy) is 1. The van der Waals surface area contributed by atoms with E-state index in [9.17, 15) is 9.90 Å². The fraction of sp³-hybridized carbons (Fsp3) is 0.0588. The van der Waals surface area contributed by atoms with Crippen molar-refractivity contribution in [1.29, 1.82) is 0 Å². The van der Waals surface area contributed by atoms with Gasteiger partial charge in [-0.3, -0.25) is 4.79 Å². The molecule has 5 heteroatoms. The smallest absolute Gasteiger partial charge is 0.274 e. The van der Waals surface area contributed by atoms with Crippen molar-refractivity contribution < 1.29 is 9.84 Å². The zero-order valence-corrected chi connectivity index (χ0v) is 11.9. The second-order valence-electron chi connectivity index (χ2n) is 4.70. The first-order valence-electron chi connectivity index (χ1n) is 6.72. The molecule has 0 fully saturated rings. The average molecular weight is 294 g/mol. The molecular weight excluding hydrogens is 280 g/mol. The van der Waals surface area contributed by atoms with Crippen LogP contribution in [0.25, 0.3) is 22.9 Å². The van der Waals surface area contributed by atoms with Crippen molar-refractivity contribution in [3.63, 3.8) is 0 Å². The zero-order chi connectivity index (χ0) is 15.5. The lowest BCUT2D eigenvalue weighted by Gasteiger charge is -2.07. The summed E-state index contributed by atoms with van der Waals surface area (Å²) in [7, 11) is 1.52. The van der Waals surface area contributed by atoms with E-state index in [2.05, 4.69) is 9.97 Å². The molecule has 2 N–H and O–H groups in total. The number of rotatable bonds is 3. The predicted octanol–water partition coefficient (Wildman–Crippen LogP) is 2.99. The number of aromatic nitrogens is 2. The molecule has 0 aliphatic rings. The Bertz CT molecular complexity index is 913. The Balaban J connectivity index is 2.11. The summed E-state index contributed by atoms with van der Waals surface area (Å²) in [6.07, 6.45) is 1.34. The van der Waals surface area contributed by atoms with Gasteiger partial charge in [0, 0.05) is 6.08 Å². The van der Waals surface area contributed by atoms with Gasteiger partial charge in [-0.05, 0) is 24.3 Å². The number of aliphatic hydroxyl groups excluding tert-OH is 1. The molecule has 0 amide bonds. The molecule has 0 saturated heterocycles. The molecule has 2 aromatic carbocycles. The first-order chi connectivity index (χ1) is 10.7. The molecule has 22 heavy (non-hydrogen) atoms. The number of para-hydroxylation sites is 3. The van der Waals surface area contributed by atoms with Gasteiger partial charge in [0.05, 0.1) is 23.7 Å². The minimum atomic E-state index is -0.361. The maximum absolute atomic E-state index is 12.0. The molecular formula is C17H14N2O3. The van der Waals surface area contributed by atoms with E-state index >= 15 is 0 Å². The third kappa shape index (κ3) is 2.56. The number of aliphatic hydroxyl groups is 1. The van der Waals surface area contributed by atoms with Crippen LogP contribution in [-0.4, -0.2) is 22.2 Å². The molecule has 110 valence electrons. The van der Waals surface area contributed by atoms with Gasteiger partial charge < -0.3 is 14.8 Å². The number of fused-ring (bicyclic) bond motifs is 1. The number of H-pyrrole nitrogens is 1. The van der Waals surface area contributed by atoms with E-state index in [4.69, 9.17) is 4.74 Å². The van der Waals surface area contributed by atoms with Gasteiger partial charge in [0.2, 0.25) is 0 Å². The number of nitrogens with one attached hydrogen (secondary N) is 1. The molecule has 0 saturated carbocycles. The van der Waals surface area contributed by atoms with E-state index in [0.717, 1.165) is 0 Å². The van der Waals surface area contributed by atoms with E-state index in [0.29, 0.717) is 22.3 Å². The maximum atomic E-state index is 12.0. The van der Waals surface area contributed by atoms with Crippen molar-refractivity contribution in [1.82, 2.24) is 9.97 Å². The van der Waals surface area contributed by atoms with Crippen molar-refractivity contribution in [2.24, 2.45) is 0 Å². The Hall–Kier alpha value is -3.08. The summed E-state index contributed by atoms with van der Waals surface area (Å²) in [6, 6.07) is 14.2. The number of aromatic amines is 1. The van der Waals surface area contributed by atoms with Crippen molar-refractivity contribution >= 4 is 22.9 Å². The van der Waals surface area contributed by atoms with Gasteiger partial charge in [0.15, 0.2) is 0 Å². The van der Waals surface area contributed by atoms with Crippen molar-refractivity contribution in [2.75, 3.05) is 7.11 Å². The highest BCUT2D eigenvalue weighted by Gasteiger charge is 2.09. The van der Waals surface area contributed by atoms with Crippen LogP contribution in [0.5, 0.6) is 5.75 Å². The summed E-state index contributed by atoms with van der Waals surface area (Å²) in [5.74, 6) is 0.444. The normalized spacial score (nSPS) is 11.6. The molecule has 5 nitrogen and oxygen atoms in total. The standard InChI is InChI=1S/C17H14N2O3/c1-22-16-9-5-2-6-11(16)15(20)10-14-17(21)19-13-8-4-3-7-12(13)18-14/h2-10,20H,1H3,(H,19,21). The van der Waals surface area contributed by atoms with Crippen LogP contribution in [0.1, 0.15) is 11.3 Å². The molecule has 0 atom stereocenters. The highest BCUT2D eigenvalue weighted by atomic mass is 16.5. The molecule has 0 aliphatic carbocycles. The van der Waals surface area contributed by atoms with E-state index in [1.165, 1.54) is 13.2 Å². The first-order valence-corrected chi connectivity index (χ1v) is 6.72. The van der Waals surface area contributed by atoms with Gasteiger partial charge in [-0.1, -0.05) is 24.3 Å². The van der Waals surface area contributed by atoms with Gasteiger partial charge >= 0.3 is 0 Å². The number of benzene rings is 2. The van der Waals surface area contributed by atoms with Gasteiger partial charge in [0.25, 0.3) is 5.56 Å². The summed E-state index contributed by atoms with van der Waals surface area (Å²) in [4.78, 5) is 19.1. The quantitative estimate of drug-likeness (QED) is 0.728. The third-order valence-electron chi connectivity index (χ3n) is 3.28. The summed E-state index contributed by atoms with van der Waals surface area (Å²) < 4.78 is 5.20. The van der Waals surface area contributed by atoms with Crippen LogP contribution >= 0.6 is 0 Å². The maximum Gasteiger partial charge on any atom is 0.274 e. The Morgan fingerprint density at radius 3 is 2.73 bits per heavy atom. The lowest BCUT2D eigenvalue weighted by atomic mass is 10.1. The van der Waals surface area contributed by atoms with Crippen LogP contribution in [0.3, 0.4) is 0 Å². The topological polar surface area (TPSA) is 75.2 Å². The molecule has 1 heterocycles. The lowest BCUT2D eigenvalue weighted by Crippen LogP contribution is -2.12.